The Hall–Kier alpha value is -1.58. The molecular weight excluding hydrogens is 269 g/mol. The first-order valence-corrected chi connectivity index (χ1v) is 7.78. The van der Waals surface area contributed by atoms with Crippen molar-refractivity contribution in [3.63, 3.8) is 0 Å². The van der Waals surface area contributed by atoms with E-state index in [0.717, 1.165) is 17.9 Å². The number of amides is 1. The zero-order chi connectivity index (χ0) is 15.1. The SMILES string of the molecule is COc1cc(CNC(=O)CCC2CCCCC2)ccc1F. The van der Waals surface area contributed by atoms with Crippen LogP contribution in [0.2, 0.25) is 0 Å². The summed E-state index contributed by atoms with van der Waals surface area (Å²) in [5, 5.41) is 2.89. The number of halogens is 1. The van der Waals surface area contributed by atoms with Gasteiger partial charge in [-0.1, -0.05) is 38.2 Å². The number of carbonyl (C=O) groups is 1. The molecule has 1 aliphatic rings. The lowest BCUT2D eigenvalue weighted by Crippen LogP contribution is -2.23. The lowest BCUT2D eigenvalue weighted by molar-refractivity contribution is -0.121. The minimum absolute atomic E-state index is 0.0730. The monoisotopic (exact) mass is 293 g/mol. The van der Waals surface area contributed by atoms with Gasteiger partial charge in [0.1, 0.15) is 0 Å². The molecule has 0 spiro atoms. The first-order valence-electron chi connectivity index (χ1n) is 7.78. The molecule has 3 nitrogen and oxygen atoms in total. The van der Waals surface area contributed by atoms with E-state index in [-0.39, 0.29) is 17.5 Å². The average Bonchev–Trinajstić information content (AvgIpc) is 2.53. The van der Waals surface area contributed by atoms with Gasteiger partial charge in [-0.05, 0) is 30.0 Å². The molecule has 0 heterocycles. The number of hydrogen-bond acceptors (Lipinski definition) is 2. The summed E-state index contributed by atoms with van der Waals surface area (Å²) in [5.74, 6) is 0.619. The number of carbonyl (C=O) groups excluding carboxylic acids is 1. The van der Waals surface area contributed by atoms with E-state index in [9.17, 15) is 9.18 Å². The minimum atomic E-state index is -0.384. The molecule has 116 valence electrons. The van der Waals surface area contributed by atoms with Crippen molar-refractivity contribution in [2.75, 3.05) is 7.11 Å². The van der Waals surface area contributed by atoms with Crippen LogP contribution < -0.4 is 10.1 Å². The lowest BCUT2D eigenvalue weighted by atomic mass is 9.86. The largest absolute Gasteiger partial charge is 0.494 e. The Labute approximate surface area is 125 Å². The molecule has 0 unspecified atom stereocenters. The second-order valence-corrected chi connectivity index (χ2v) is 5.79. The summed E-state index contributed by atoms with van der Waals surface area (Å²) < 4.78 is 18.2. The number of methoxy groups -OCH3 is 1. The Morgan fingerprint density at radius 2 is 2.10 bits per heavy atom. The van der Waals surface area contributed by atoms with Gasteiger partial charge in [0.25, 0.3) is 0 Å². The number of ether oxygens (including phenoxy) is 1. The van der Waals surface area contributed by atoms with Crippen LogP contribution in [0.15, 0.2) is 18.2 Å². The Bertz CT molecular complexity index is 470. The molecule has 0 atom stereocenters. The fraction of sp³-hybridized carbons (Fsp3) is 0.588. The molecule has 1 aliphatic carbocycles. The Morgan fingerprint density at radius 3 is 2.81 bits per heavy atom. The van der Waals surface area contributed by atoms with Crippen LogP contribution in [0.25, 0.3) is 0 Å². The van der Waals surface area contributed by atoms with Gasteiger partial charge in [0.2, 0.25) is 5.91 Å². The highest BCUT2D eigenvalue weighted by molar-refractivity contribution is 5.75. The lowest BCUT2D eigenvalue weighted by Gasteiger charge is -2.21. The number of benzene rings is 1. The average molecular weight is 293 g/mol. The van der Waals surface area contributed by atoms with E-state index in [2.05, 4.69) is 5.32 Å². The van der Waals surface area contributed by atoms with Gasteiger partial charge < -0.3 is 10.1 Å². The van der Waals surface area contributed by atoms with Gasteiger partial charge >= 0.3 is 0 Å². The van der Waals surface area contributed by atoms with Crippen molar-refractivity contribution in [2.45, 2.75) is 51.5 Å². The summed E-state index contributed by atoms with van der Waals surface area (Å²) in [7, 11) is 1.44. The zero-order valence-electron chi connectivity index (χ0n) is 12.7. The maximum Gasteiger partial charge on any atom is 0.220 e. The summed E-state index contributed by atoms with van der Waals surface area (Å²) in [6, 6.07) is 4.65. The summed E-state index contributed by atoms with van der Waals surface area (Å²) in [4.78, 5) is 11.9. The minimum Gasteiger partial charge on any atom is -0.494 e. The van der Waals surface area contributed by atoms with Gasteiger partial charge in [0.05, 0.1) is 7.11 Å². The number of rotatable bonds is 6. The van der Waals surface area contributed by atoms with E-state index in [1.165, 1.54) is 45.3 Å². The third-order valence-electron chi connectivity index (χ3n) is 4.21. The number of nitrogens with one attached hydrogen (secondary N) is 1. The first-order chi connectivity index (χ1) is 10.2. The molecule has 0 aromatic heterocycles. The molecule has 1 amide bonds. The van der Waals surface area contributed by atoms with Crippen LogP contribution in [-0.4, -0.2) is 13.0 Å². The standard InChI is InChI=1S/C17H24FNO2/c1-21-16-11-14(7-9-15(16)18)12-19-17(20)10-8-13-5-3-2-4-6-13/h7,9,11,13H,2-6,8,10,12H2,1H3,(H,19,20). The smallest absolute Gasteiger partial charge is 0.220 e. The maximum atomic E-state index is 13.3. The van der Waals surface area contributed by atoms with E-state index in [4.69, 9.17) is 4.74 Å². The van der Waals surface area contributed by atoms with Gasteiger partial charge in [-0.15, -0.1) is 0 Å². The maximum absolute atomic E-state index is 13.3. The quantitative estimate of drug-likeness (QED) is 0.866. The van der Waals surface area contributed by atoms with E-state index >= 15 is 0 Å². The summed E-state index contributed by atoms with van der Waals surface area (Å²) in [6.07, 6.45) is 8.06. The Kier molecular flexibility index (Phi) is 6.03. The number of hydrogen-bond donors (Lipinski definition) is 1. The van der Waals surface area contributed by atoms with Crippen molar-refractivity contribution < 1.29 is 13.9 Å². The molecule has 0 radical (unpaired) electrons. The molecule has 1 aromatic carbocycles. The van der Waals surface area contributed by atoms with Crippen LogP contribution in [-0.2, 0) is 11.3 Å². The molecule has 4 heteroatoms. The van der Waals surface area contributed by atoms with Crippen LogP contribution in [0.4, 0.5) is 4.39 Å². The summed E-state index contributed by atoms with van der Waals surface area (Å²) >= 11 is 0. The van der Waals surface area contributed by atoms with Crippen molar-refractivity contribution in [3.05, 3.63) is 29.6 Å². The molecule has 1 saturated carbocycles. The van der Waals surface area contributed by atoms with Crippen molar-refractivity contribution >= 4 is 5.91 Å². The van der Waals surface area contributed by atoms with Crippen molar-refractivity contribution in [1.29, 1.82) is 0 Å². The molecule has 0 bridgehead atoms. The van der Waals surface area contributed by atoms with Crippen LogP contribution in [0, 0.1) is 11.7 Å². The van der Waals surface area contributed by atoms with E-state index in [1.54, 1.807) is 12.1 Å². The zero-order valence-corrected chi connectivity index (χ0v) is 12.7. The highest BCUT2D eigenvalue weighted by atomic mass is 19.1. The Balaban J connectivity index is 1.73. The van der Waals surface area contributed by atoms with Gasteiger partial charge in [0, 0.05) is 13.0 Å². The Morgan fingerprint density at radius 1 is 1.33 bits per heavy atom. The topological polar surface area (TPSA) is 38.3 Å². The van der Waals surface area contributed by atoms with Gasteiger partial charge in [0.15, 0.2) is 11.6 Å². The van der Waals surface area contributed by atoms with Crippen molar-refractivity contribution in [1.82, 2.24) is 5.32 Å². The molecule has 1 aromatic rings. The van der Waals surface area contributed by atoms with Crippen molar-refractivity contribution in [2.24, 2.45) is 5.92 Å². The predicted octanol–water partition coefficient (Wildman–Crippen LogP) is 3.81. The highest BCUT2D eigenvalue weighted by Gasteiger charge is 2.14. The van der Waals surface area contributed by atoms with Crippen LogP contribution in [0.5, 0.6) is 5.75 Å². The second kappa shape index (κ2) is 8.01. The van der Waals surface area contributed by atoms with Gasteiger partial charge in [-0.25, -0.2) is 4.39 Å². The van der Waals surface area contributed by atoms with Crippen LogP contribution in [0.3, 0.4) is 0 Å². The highest BCUT2D eigenvalue weighted by Crippen LogP contribution is 2.27. The molecule has 0 saturated heterocycles. The molecular formula is C17H24FNO2. The third-order valence-corrected chi connectivity index (χ3v) is 4.21. The molecule has 1 N–H and O–H groups in total. The molecule has 21 heavy (non-hydrogen) atoms. The van der Waals surface area contributed by atoms with Crippen molar-refractivity contribution in [3.8, 4) is 5.75 Å². The van der Waals surface area contributed by atoms with E-state index < -0.39 is 0 Å². The summed E-state index contributed by atoms with van der Waals surface area (Å²) in [5.41, 5.74) is 0.847. The van der Waals surface area contributed by atoms with E-state index in [1.807, 2.05) is 0 Å². The first kappa shape index (κ1) is 15.8. The normalized spacial score (nSPS) is 15.7. The molecule has 0 aliphatic heterocycles. The van der Waals surface area contributed by atoms with Crippen LogP contribution >= 0.6 is 0 Å². The predicted molar refractivity (Wildman–Crippen MR) is 80.6 cm³/mol. The van der Waals surface area contributed by atoms with Gasteiger partial charge in [-0.2, -0.15) is 0 Å². The fourth-order valence-corrected chi connectivity index (χ4v) is 2.91. The molecule has 1 fully saturated rings. The van der Waals surface area contributed by atoms with Crippen LogP contribution in [0.1, 0.15) is 50.5 Å². The van der Waals surface area contributed by atoms with Gasteiger partial charge in [-0.3, -0.25) is 4.79 Å². The molecule has 2 rings (SSSR count). The summed E-state index contributed by atoms with van der Waals surface area (Å²) in [6.45, 7) is 0.417. The van der Waals surface area contributed by atoms with E-state index in [0.29, 0.717) is 13.0 Å². The third kappa shape index (κ3) is 5.03. The second-order valence-electron chi connectivity index (χ2n) is 5.79. The fourth-order valence-electron chi connectivity index (χ4n) is 2.91.